The van der Waals surface area contributed by atoms with Crippen LogP contribution >= 0.6 is 11.3 Å². The Hall–Kier alpha value is -2.08. The van der Waals surface area contributed by atoms with Crippen molar-refractivity contribution in [1.29, 1.82) is 0 Å². The number of hydrogen-bond donors (Lipinski definition) is 1. The van der Waals surface area contributed by atoms with Gasteiger partial charge >= 0.3 is 6.03 Å². The molecule has 6 heteroatoms. The molecule has 1 aromatic heterocycles. The molecule has 0 unspecified atom stereocenters. The summed E-state index contributed by atoms with van der Waals surface area (Å²) in [6, 6.07) is 6.74. The number of anilines is 2. The summed E-state index contributed by atoms with van der Waals surface area (Å²) in [6.07, 6.45) is 2.55. The number of thiazole rings is 1. The van der Waals surface area contributed by atoms with Gasteiger partial charge in [0.25, 0.3) is 0 Å². The van der Waals surface area contributed by atoms with Crippen LogP contribution in [0.1, 0.15) is 18.4 Å². The first-order chi connectivity index (χ1) is 10.6. The molecule has 4 rings (SSSR count). The average Bonchev–Trinajstić information content (AvgIpc) is 3.24. The minimum atomic E-state index is -0.0535. The lowest BCUT2D eigenvalue weighted by atomic mass is 10.0. The molecule has 0 saturated heterocycles. The maximum absolute atomic E-state index is 11.7. The number of urea groups is 1. The molecule has 0 radical (unpaired) electrons. The summed E-state index contributed by atoms with van der Waals surface area (Å²) in [6.45, 7) is 0.633. The Kier molecular flexibility index (Phi) is 3.07. The minimum Gasteiger partial charge on any atom is -0.348 e. The molecule has 5 nitrogen and oxygen atoms in total. The highest BCUT2D eigenvalue weighted by molar-refractivity contribution is 7.14. The zero-order valence-corrected chi connectivity index (χ0v) is 13.5. The van der Waals surface area contributed by atoms with Gasteiger partial charge in [0.2, 0.25) is 0 Å². The second-order valence-corrected chi connectivity index (χ2v) is 6.85. The summed E-state index contributed by atoms with van der Waals surface area (Å²) in [5.74, 6) is 0. The lowest BCUT2D eigenvalue weighted by Crippen LogP contribution is -2.35. The second kappa shape index (κ2) is 4.98. The fourth-order valence-corrected chi connectivity index (χ4v) is 3.59. The Morgan fingerprint density at radius 3 is 3.00 bits per heavy atom. The summed E-state index contributed by atoms with van der Waals surface area (Å²) >= 11 is 1.69. The van der Waals surface area contributed by atoms with Crippen LogP contribution < -0.4 is 10.2 Å². The number of carbonyl (C=O) groups is 1. The van der Waals surface area contributed by atoms with Crippen LogP contribution in [0.4, 0.5) is 15.6 Å². The van der Waals surface area contributed by atoms with E-state index in [1.165, 1.54) is 12.8 Å². The molecule has 0 spiro atoms. The van der Waals surface area contributed by atoms with Crippen LogP contribution in [0.15, 0.2) is 23.6 Å². The van der Waals surface area contributed by atoms with Gasteiger partial charge in [0.05, 0.1) is 5.69 Å². The van der Waals surface area contributed by atoms with Gasteiger partial charge in [-0.2, -0.15) is 0 Å². The van der Waals surface area contributed by atoms with Crippen LogP contribution in [0.3, 0.4) is 0 Å². The monoisotopic (exact) mass is 314 g/mol. The lowest BCUT2D eigenvalue weighted by molar-refractivity contribution is 0.218. The molecular formula is C16H18N4OS. The molecule has 1 aliphatic heterocycles. The van der Waals surface area contributed by atoms with Crippen molar-refractivity contribution in [3.8, 4) is 11.3 Å². The van der Waals surface area contributed by atoms with E-state index in [2.05, 4.69) is 28.7 Å². The predicted octanol–water partition coefficient (Wildman–Crippen LogP) is 3.39. The molecule has 114 valence electrons. The van der Waals surface area contributed by atoms with Crippen LogP contribution in [0, 0.1) is 0 Å². The van der Waals surface area contributed by atoms with Crippen LogP contribution in [0.5, 0.6) is 0 Å². The van der Waals surface area contributed by atoms with Gasteiger partial charge in [-0.1, -0.05) is 6.07 Å². The van der Waals surface area contributed by atoms with E-state index in [1.54, 1.807) is 23.3 Å². The number of rotatable bonds is 3. The van der Waals surface area contributed by atoms with E-state index < -0.39 is 0 Å². The highest BCUT2D eigenvalue weighted by atomic mass is 32.1. The molecule has 2 amide bonds. The number of fused-ring (bicyclic) bond motifs is 1. The SMILES string of the molecule is CN1Cc2cc(-c3csc(N(C)C4CC4)n3)ccc2NC1=O. The Morgan fingerprint density at radius 1 is 1.41 bits per heavy atom. The van der Waals surface area contributed by atoms with Crippen molar-refractivity contribution in [1.82, 2.24) is 9.88 Å². The summed E-state index contributed by atoms with van der Waals surface area (Å²) in [5, 5.41) is 6.09. The Bertz CT molecular complexity index is 737. The summed E-state index contributed by atoms with van der Waals surface area (Å²) in [7, 11) is 3.92. The maximum Gasteiger partial charge on any atom is 0.321 e. The Morgan fingerprint density at radius 2 is 2.23 bits per heavy atom. The number of carbonyl (C=O) groups excluding carboxylic acids is 1. The minimum absolute atomic E-state index is 0.0535. The van der Waals surface area contributed by atoms with Crippen molar-refractivity contribution in [2.24, 2.45) is 0 Å². The normalized spacial score (nSPS) is 17.2. The van der Waals surface area contributed by atoms with Crippen molar-refractivity contribution in [2.75, 3.05) is 24.3 Å². The van der Waals surface area contributed by atoms with Gasteiger partial charge in [-0.3, -0.25) is 0 Å². The average molecular weight is 314 g/mol. The second-order valence-electron chi connectivity index (χ2n) is 6.02. The van der Waals surface area contributed by atoms with E-state index in [-0.39, 0.29) is 6.03 Å². The van der Waals surface area contributed by atoms with Gasteiger partial charge in [0, 0.05) is 43.3 Å². The lowest BCUT2D eigenvalue weighted by Gasteiger charge is -2.26. The molecule has 2 aliphatic rings. The fraction of sp³-hybridized carbons (Fsp3) is 0.375. The number of nitrogens with zero attached hydrogens (tertiary/aromatic N) is 3. The molecule has 2 heterocycles. The third-order valence-corrected chi connectivity index (χ3v) is 5.22. The first-order valence-electron chi connectivity index (χ1n) is 7.45. The highest BCUT2D eigenvalue weighted by Gasteiger charge is 2.28. The van der Waals surface area contributed by atoms with Gasteiger partial charge in [-0.25, -0.2) is 9.78 Å². The molecule has 0 bridgehead atoms. The number of amides is 2. The van der Waals surface area contributed by atoms with E-state index in [9.17, 15) is 4.79 Å². The third kappa shape index (κ3) is 2.33. The maximum atomic E-state index is 11.7. The molecule has 2 aromatic rings. The number of benzene rings is 1. The van der Waals surface area contributed by atoms with Crippen molar-refractivity contribution < 1.29 is 4.79 Å². The van der Waals surface area contributed by atoms with Crippen LogP contribution in [-0.2, 0) is 6.54 Å². The molecule has 1 N–H and O–H groups in total. The highest BCUT2D eigenvalue weighted by Crippen LogP contribution is 2.35. The largest absolute Gasteiger partial charge is 0.348 e. The summed E-state index contributed by atoms with van der Waals surface area (Å²) < 4.78 is 0. The smallest absolute Gasteiger partial charge is 0.321 e. The first kappa shape index (κ1) is 13.6. The van der Waals surface area contributed by atoms with Crippen LogP contribution in [-0.4, -0.2) is 36.1 Å². The van der Waals surface area contributed by atoms with Gasteiger partial charge in [0.1, 0.15) is 0 Å². The van der Waals surface area contributed by atoms with Crippen molar-refractivity contribution in [3.63, 3.8) is 0 Å². The summed E-state index contributed by atoms with van der Waals surface area (Å²) in [5.41, 5.74) is 4.15. The van der Waals surface area contributed by atoms with Crippen molar-refractivity contribution >= 4 is 28.2 Å². The van der Waals surface area contributed by atoms with Crippen LogP contribution in [0.25, 0.3) is 11.3 Å². The first-order valence-corrected chi connectivity index (χ1v) is 8.33. The zero-order valence-electron chi connectivity index (χ0n) is 12.7. The van der Waals surface area contributed by atoms with E-state index in [4.69, 9.17) is 4.98 Å². The Balaban J connectivity index is 1.63. The van der Waals surface area contributed by atoms with Gasteiger partial charge < -0.3 is 15.1 Å². The molecule has 1 aliphatic carbocycles. The fourth-order valence-electron chi connectivity index (χ4n) is 2.72. The van der Waals surface area contributed by atoms with E-state index in [0.717, 1.165) is 27.6 Å². The number of nitrogens with one attached hydrogen (secondary N) is 1. The molecule has 1 saturated carbocycles. The zero-order chi connectivity index (χ0) is 15.3. The topological polar surface area (TPSA) is 48.5 Å². The molecule has 1 fully saturated rings. The molecule has 0 atom stereocenters. The quantitative estimate of drug-likeness (QED) is 0.945. The standard InChI is InChI=1S/C16H18N4OS/c1-19-8-11-7-10(3-6-13(11)17-15(19)21)14-9-22-16(18-14)20(2)12-4-5-12/h3,6-7,9,12H,4-5,8H2,1-2H3,(H,17,21). The van der Waals surface area contributed by atoms with Gasteiger partial charge in [-0.15, -0.1) is 11.3 Å². The van der Waals surface area contributed by atoms with Crippen LogP contribution in [0.2, 0.25) is 0 Å². The molecule has 1 aromatic carbocycles. The Labute approximate surface area is 133 Å². The predicted molar refractivity (Wildman–Crippen MR) is 89.5 cm³/mol. The molecule has 22 heavy (non-hydrogen) atoms. The van der Waals surface area contributed by atoms with Crippen molar-refractivity contribution in [2.45, 2.75) is 25.4 Å². The third-order valence-electron chi connectivity index (χ3n) is 4.29. The molecular weight excluding hydrogens is 296 g/mol. The summed E-state index contributed by atoms with van der Waals surface area (Å²) in [4.78, 5) is 20.4. The van der Waals surface area contributed by atoms with Gasteiger partial charge in [-0.05, 0) is 30.5 Å². The van der Waals surface area contributed by atoms with Crippen molar-refractivity contribution in [3.05, 3.63) is 29.1 Å². The number of aromatic nitrogens is 1. The van der Waals surface area contributed by atoms with E-state index in [0.29, 0.717) is 12.6 Å². The van der Waals surface area contributed by atoms with E-state index in [1.807, 2.05) is 12.1 Å². The number of hydrogen-bond acceptors (Lipinski definition) is 4. The van der Waals surface area contributed by atoms with Gasteiger partial charge in [0.15, 0.2) is 5.13 Å². The van der Waals surface area contributed by atoms with E-state index >= 15 is 0 Å².